The molecule has 2 aromatic rings. The van der Waals surface area contributed by atoms with Crippen molar-refractivity contribution in [1.82, 2.24) is 15.2 Å². The predicted octanol–water partition coefficient (Wildman–Crippen LogP) is 2.67. The van der Waals surface area contributed by atoms with E-state index in [4.69, 9.17) is 4.99 Å². The number of nitro groups is 1. The van der Waals surface area contributed by atoms with Crippen LogP contribution in [0.2, 0.25) is 0 Å². The van der Waals surface area contributed by atoms with E-state index in [1.807, 2.05) is 24.4 Å². The Morgan fingerprint density at radius 2 is 1.93 bits per heavy atom. The first-order valence-electron chi connectivity index (χ1n) is 9.60. The van der Waals surface area contributed by atoms with Crippen LogP contribution in [0, 0.1) is 10.1 Å². The zero-order chi connectivity index (χ0) is 19.8. The van der Waals surface area contributed by atoms with Crippen LogP contribution in [0.1, 0.15) is 18.9 Å². The summed E-state index contributed by atoms with van der Waals surface area (Å²) < 4.78 is 0. The van der Waals surface area contributed by atoms with Gasteiger partial charge in [0.15, 0.2) is 5.96 Å². The average Bonchev–Trinajstić information content (AvgIpc) is 2.75. The molecule has 8 heteroatoms. The number of aliphatic imine (C=N–C) groups is 1. The fraction of sp³-hybridized carbons (Fsp3) is 0.400. The third-order valence-electron chi connectivity index (χ3n) is 4.64. The largest absolute Gasteiger partial charge is 0.356 e. The van der Waals surface area contributed by atoms with E-state index in [1.165, 1.54) is 12.1 Å². The van der Waals surface area contributed by atoms with E-state index in [2.05, 4.69) is 27.0 Å². The summed E-state index contributed by atoms with van der Waals surface area (Å²) >= 11 is 0. The van der Waals surface area contributed by atoms with Crippen LogP contribution in [0.4, 0.5) is 11.5 Å². The van der Waals surface area contributed by atoms with E-state index < -0.39 is 0 Å². The van der Waals surface area contributed by atoms with Crippen LogP contribution in [0.25, 0.3) is 0 Å². The van der Waals surface area contributed by atoms with Gasteiger partial charge in [0.2, 0.25) is 0 Å². The van der Waals surface area contributed by atoms with Crippen LogP contribution in [-0.2, 0) is 6.54 Å². The Balaban J connectivity index is 1.63. The highest BCUT2D eigenvalue weighted by atomic mass is 16.6. The number of hydrogen-bond acceptors (Lipinski definition) is 5. The number of piperazine rings is 1. The molecule has 3 rings (SSSR count). The van der Waals surface area contributed by atoms with Crippen LogP contribution in [0.5, 0.6) is 0 Å². The number of nitrogens with one attached hydrogen (secondary N) is 1. The summed E-state index contributed by atoms with van der Waals surface area (Å²) in [5.41, 5.74) is 1.05. The molecule has 0 spiro atoms. The van der Waals surface area contributed by atoms with E-state index in [1.54, 1.807) is 12.1 Å². The molecule has 0 atom stereocenters. The minimum atomic E-state index is -0.387. The highest BCUT2D eigenvalue weighted by Gasteiger charge is 2.20. The molecule has 1 aromatic carbocycles. The molecule has 8 nitrogen and oxygen atoms in total. The number of pyridine rings is 1. The van der Waals surface area contributed by atoms with Crippen molar-refractivity contribution < 1.29 is 4.92 Å². The highest BCUT2D eigenvalue weighted by Crippen LogP contribution is 2.14. The lowest BCUT2D eigenvalue weighted by atomic mass is 10.2. The summed E-state index contributed by atoms with van der Waals surface area (Å²) in [5.74, 6) is 1.90. The fourth-order valence-corrected chi connectivity index (χ4v) is 3.08. The van der Waals surface area contributed by atoms with Crippen molar-refractivity contribution in [3.8, 4) is 0 Å². The Morgan fingerprint density at radius 3 is 2.54 bits per heavy atom. The summed E-state index contributed by atoms with van der Waals surface area (Å²) in [6, 6.07) is 12.5. The van der Waals surface area contributed by atoms with Gasteiger partial charge in [0, 0.05) is 51.1 Å². The lowest BCUT2D eigenvalue weighted by Crippen LogP contribution is -2.52. The number of nitro benzene ring substituents is 1. The third kappa shape index (κ3) is 5.18. The Labute approximate surface area is 165 Å². The van der Waals surface area contributed by atoms with E-state index in [0.717, 1.165) is 56.5 Å². The minimum absolute atomic E-state index is 0.0997. The van der Waals surface area contributed by atoms with Crippen molar-refractivity contribution in [2.75, 3.05) is 37.6 Å². The van der Waals surface area contributed by atoms with Crippen molar-refractivity contribution >= 4 is 17.5 Å². The van der Waals surface area contributed by atoms with E-state index in [9.17, 15) is 10.1 Å². The second kappa shape index (κ2) is 9.68. The van der Waals surface area contributed by atoms with Crippen LogP contribution in [0.3, 0.4) is 0 Å². The number of hydrogen-bond donors (Lipinski definition) is 1. The van der Waals surface area contributed by atoms with Gasteiger partial charge in [-0.2, -0.15) is 0 Å². The molecule has 28 heavy (non-hydrogen) atoms. The van der Waals surface area contributed by atoms with Crippen LogP contribution >= 0.6 is 0 Å². The summed E-state index contributed by atoms with van der Waals surface area (Å²) in [7, 11) is 0. The van der Waals surface area contributed by atoms with E-state index >= 15 is 0 Å². The summed E-state index contributed by atoms with van der Waals surface area (Å²) in [6.07, 6.45) is 2.84. The number of guanidine groups is 1. The molecule has 1 N–H and O–H groups in total. The van der Waals surface area contributed by atoms with Crippen molar-refractivity contribution in [2.24, 2.45) is 4.99 Å². The molecule has 1 aliphatic rings. The number of anilines is 1. The van der Waals surface area contributed by atoms with Crippen molar-refractivity contribution in [1.29, 1.82) is 0 Å². The topological polar surface area (TPSA) is 86.9 Å². The molecule has 0 saturated carbocycles. The first-order valence-corrected chi connectivity index (χ1v) is 9.60. The zero-order valence-corrected chi connectivity index (χ0v) is 16.1. The van der Waals surface area contributed by atoms with E-state index in [0.29, 0.717) is 6.54 Å². The summed E-state index contributed by atoms with van der Waals surface area (Å²) in [6.45, 7) is 6.99. The van der Waals surface area contributed by atoms with Crippen LogP contribution in [0.15, 0.2) is 53.7 Å². The number of nitrogens with zero attached hydrogens (tertiary/aromatic N) is 5. The third-order valence-corrected chi connectivity index (χ3v) is 4.64. The van der Waals surface area contributed by atoms with E-state index in [-0.39, 0.29) is 10.6 Å². The van der Waals surface area contributed by atoms with Gasteiger partial charge in [-0.1, -0.05) is 25.1 Å². The highest BCUT2D eigenvalue weighted by molar-refractivity contribution is 5.80. The average molecular weight is 382 g/mol. The number of aromatic nitrogens is 1. The van der Waals surface area contributed by atoms with Crippen molar-refractivity contribution in [2.45, 2.75) is 19.9 Å². The lowest BCUT2D eigenvalue weighted by molar-refractivity contribution is -0.384. The summed E-state index contributed by atoms with van der Waals surface area (Å²) in [5, 5.41) is 14.2. The second-order valence-electron chi connectivity index (χ2n) is 6.65. The molecular weight excluding hydrogens is 356 g/mol. The van der Waals surface area contributed by atoms with Gasteiger partial charge < -0.3 is 15.1 Å². The monoisotopic (exact) mass is 382 g/mol. The smallest absolute Gasteiger partial charge is 0.269 e. The fourth-order valence-electron chi connectivity index (χ4n) is 3.08. The second-order valence-corrected chi connectivity index (χ2v) is 6.65. The van der Waals surface area contributed by atoms with Gasteiger partial charge in [0.1, 0.15) is 5.82 Å². The molecule has 1 fully saturated rings. The molecule has 148 valence electrons. The lowest BCUT2D eigenvalue weighted by Gasteiger charge is -2.37. The van der Waals surface area contributed by atoms with Gasteiger partial charge in [-0.3, -0.25) is 10.1 Å². The Hall–Kier alpha value is -3.16. The molecule has 0 radical (unpaired) electrons. The molecule has 0 aliphatic carbocycles. The maximum atomic E-state index is 10.8. The van der Waals surface area contributed by atoms with Gasteiger partial charge in [0.25, 0.3) is 5.69 Å². The SMILES string of the molecule is CCCNC(=NCc1ccc([N+](=O)[O-])cc1)N1CCN(c2ccccn2)CC1. The molecule has 1 aromatic heterocycles. The maximum absolute atomic E-state index is 10.8. The molecule has 0 unspecified atom stereocenters. The standard InChI is InChI=1S/C20H26N6O2/c1-2-10-22-20(23-16-17-6-8-18(9-7-17)26(27)28)25-14-12-24(13-15-25)19-5-3-4-11-21-19/h3-9,11H,2,10,12-16H2,1H3,(H,22,23). The van der Waals surface area contributed by atoms with Gasteiger partial charge in [-0.15, -0.1) is 0 Å². The maximum Gasteiger partial charge on any atom is 0.269 e. The molecular formula is C20H26N6O2. The van der Waals surface area contributed by atoms with Gasteiger partial charge >= 0.3 is 0 Å². The molecule has 1 saturated heterocycles. The molecule has 1 aliphatic heterocycles. The first-order chi connectivity index (χ1) is 13.7. The van der Waals surface area contributed by atoms with Gasteiger partial charge in [-0.25, -0.2) is 9.98 Å². The first kappa shape index (κ1) is 19.6. The van der Waals surface area contributed by atoms with Crippen molar-refractivity contribution in [3.05, 3.63) is 64.3 Å². The van der Waals surface area contributed by atoms with Crippen molar-refractivity contribution in [3.63, 3.8) is 0 Å². The number of rotatable bonds is 6. The Morgan fingerprint density at radius 1 is 1.18 bits per heavy atom. The predicted molar refractivity (Wildman–Crippen MR) is 111 cm³/mol. The molecule has 0 amide bonds. The van der Waals surface area contributed by atoms with Crippen LogP contribution < -0.4 is 10.2 Å². The quantitative estimate of drug-likeness (QED) is 0.358. The van der Waals surface area contributed by atoms with Gasteiger partial charge in [-0.05, 0) is 24.1 Å². The normalized spacial score (nSPS) is 14.8. The Kier molecular flexibility index (Phi) is 6.78. The Bertz CT molecular complexity index is 786. The minimum Gasteiger partial charge on any atom is -0.356 e. The van der Waals surface area contributed by atoms with Crippen LogP contribution in [-0.4, -0.2) is 53.5 Å². The zero-order valence-electron chi connectivity index (χ0n) is 16.1. The van der Waals surface area contributed by atoms with Gasteiger partial charge in [0.05, 0.1) is 11.5 Å². The summed E-state index contributed by atoms with van der Waals surface area (Å²) in [4.78, 5) is 24.1. The molecule has 0 bridgehead atoms. The number of non-ortho nitro benzene ring substituents is 1. The number of benzene rings is 1. The molecule has 2 heterocycles.